The minimum absolute atomic E-state index is 0.206. The topological polar surface area (TPSA) is 84.9 Å². The number of ether oxygens (including phenoxy) is 2. The molecule has 1 amide bonds. The van der Waals surface area contributed by atoms with Gasteiger partial charge in [0, 0.05) is 18.2 Å². The molecule has 0 fully saturated rings. The van der Waals surface area contributed by atoms with Crippen molar-refractivity contribution in [2.24, 2.45) is 0 Å². The third-order valence-electron chi connectivity index (χ3n) is 2.43. The first-order valence-electron chi connectivity index (χ1n) is 6.17. The molecule has 0 heterocycles. The van der Waals surface area contributed by atoms with Gasteiger partial charge in [0.1, 0.15) is 0 Å². The van der Waals surface area contributed by atoms with Crippen molar-refractivity contribution in [1.29, 1.82) is 0 Å². The molecule has 0 aliphatic rings. The van der Waals surface area contributed by atoms with Crippen LogP contribution in [0.4, 0.5) is 0 Å². The number of carboxylic acids is 1. The summed E-state index contributed by atoms with van der Waals surface area (Å²) in [5, 5.41) is 11.2. The number of carboxylic acid groups (broad SMARTS) is 1. The van der Waals surface area contributed by atoms with Crippen molar-refractivity contribution in [1.82, 2.24) is 5.32 Å². The Morgan fingerprint density at radius 1 is 1.43 bits per heavy atom. The van der Waals surface area contributed by atoms with Gasteiger partial charge in [-0.25, -0.2) is 4.79 Å². The molecule has 0 aliphatic carbocycles. The van der Waals surface area contributed by atoms with Crippen molar-refractivity contribution in [3.8, 4) is 11.5 Å². The summed E-state index contributed by atoms with van der Waals surface area (Å²) in [6.45, 7) is 3.63. The molecule has 0 atom stereocenters. The van der Waals surface area contributed by atoms with E-state index in [1.807, 2.05) is 0 Å². The molecule has 6 nitrogen and oxygen atoms in total. The van der Waals surface area contributed by atoms with E-state index in [-0.39, 0.29) is 12.5 Å². The summed E-state index contributed by atoms with van der Waals surface area (Å²) in [7, 11) is 1.46. The third kappa shape index (κ3) is 5.40. The Hall–Kier alpha value is -2.76. The van der Waals surface area contributed by atoms with Crippen LogP contribution < -0.4 is 14.8 Å². The number of amides is 1. The summed E-state index contributed by atoms with van der Waals surface area (Å²) in [4.78, 5) is 22.1. The number of para-hydroxylation sites is 1. The van der Waals surface area contributed by atoms with Gasteiger partial charge in [-0.15, -0.1) is 6.58 Å². The average molecular weight is 291 g/mol. The number of benzene rings is 1. The van der Waals surface area contributed by atoms with Gasteiger partial charge in [0.2, 0.25) is 0 Å². The van der Waals surface area contributed by atoms with E-state index >= 15 is 0 Å². The Morgan fingerprint density at radius 3 is 2.81 bits per heavy atom. The zero-order valence-electron chi connectivity index (χ0n) is 11.7. The van der Waals surface area contributed by atoms with Crippen LogP contribution >= 0.6 is 0 Å². The maximum absolute atomic E-state index is 11.5. The molecule has 0 saturated heterocycles. The molecule has 0 saturated carbocycles. The number of hydrogen-bond donors (Lipinski definition) is 2. The highest BCUT2D eigenvalue weighted by atomic mass is 16.5. The molecule has 21 heavy (non-hydrogen) atoms. The fourth-order valence-corrected chi connectivity index (χ4v) is 1.52. The van der Waals surface area contributed by atoms with E-state index in [1.54, 1.807) is 24.3 Å². The normalized spacial score (nSPS) is 10.1. The van der Waals surface area contributed by atoms with Crippen LogP contribution in [0.3, 0.4) is 0 Å². The molecule has 0 unspecified atom stereocenters. The predicted molar refractivity (Wildman–Crippen MR) is 78.4 cm³/mol. The van der Waals surface area contributed by atoms with Crippen molar-refractivity contribution < 1.29 is 24.2 Å². The number of hydrogen-bond acceptors (Lipinski definition) is 4. The molecule has 112 valence electrons. The van der Waals surface area contributed by atoms with Crippen LogP contribution in [-0.4, -0.2) is 37.2 Å². The van der Waals surface area contributed by atoms with Gasteiger partial charge < -0.3 is 19.9 Å². The lowest BCUT2D eigenvalue weighted by Gasteiger charge is -2.13. The smallest absolute Gasteiger partial charge is 0.328 e. The van der Waals surface area contributed by atoms with E-state index in [2.05, 4.69) is 11.9 Å². The highest BCUT2D eigenvalue weighted by Gasteiger charge is 2.11. The molecule has 1 aromatic rings. The SMILES string of the molecule is C=CCNC(=O)COc1c(/C=C/C(=O)O)cccc1OC. The van der Waals surface area contributed by atoms with Gasteiger partial charge in [-0.2, -0.15) is 0 Å². The summed E-state index contributed by atoms with van der Waals surface area (Å²) < 4.78 is 10.6. The minimum atomic E-state index is -1.08. The molecule has 0 bridgehead atoms. The van der Waals surface area contributed by atoms with Gasteiger partial charge in [0.15, 0.2) is 18.1 Å². The average Bonchev–Trinajstić information content (AvgIpc) is 2.48. The van der Waals surface area contributed by atoms with Gasteiger partial charge in [-0.3, -0.25) is 4.79 Å². The fraction of sp³-hybridized carbons (Fsp3) is 0.200. The fourth-order valence-electron chi connectivity index (χ4n) is 1.52. The second-order valence-corrected chi connectivity index (χ2v) is 3.93. The molecule has 0 radical (unpaired) electrons. The van der Waals surface area contributed by atoms with Crippen molar-refractivity contribution in [2.75, 3.05) is 20.3 Å². The van der Waals surface area contributed by atoms with Gasteiger partial charge >= 0.3 is 5.97 Å². The summed E-state index contributed by atoms with van der Waals surface area (Å²) in [5.41, 5.74) is 0.508. The first-order valence-corrected chi connectivity index (χ1v) is 6.17. The van der Waals surface area contributed by atoms with E-state index < -0.39 is 5.97 Å². The highest BCUT2D eigenvalue weighted by molar-refractivity contribution is 5.86. The Kier molecular flexibility index (Phi) is 6.53. The van der Waals surface area contributed by atoms with Crippen LogP contribution in [0.15, 0.2) is 36.9 Å². The molecular weight excluding hydrogens is 274 g/mol. The lowest BCUT2D eigenvalue weighted by Crippen LogP contribution is -2.29. The number of carbonyl (C=O) groups excluding carboxylic acids is 1. The Labute approximate surface area is 122 Å². The van der Waals surface area contributed by atoms with Gasteiger partial charge in [-0.1, -0.05) is 18.2 Å². The molecule has 0 spiro atoms. The largest absolute Gasteiger partial charge is 0.493 e. The zero-order chi connectivity index (χ0) is 15.7. The molecule has 1 aromatic carbocycles. The standard InChI is InChI=1S/C15H17NO5/c1-3-9-16-13(17)10-21-15-11(7-8-14(18)19)5-4-6-12(15)20-2/h3-8H,1,9-10H2,2H3,(H,16,17)(H,18,19)/b8-7+. The molecule has 0 aromatic heterocycles. The van der Waals surface area contributed by atoms with Crippen molar-refractivity contribution >= 4 is 18.0 Å². The van der Waals surface area contributed by atoms with E-state index in [0.717, 1.165) is 6.08 Å². The second kappa shape index (κ2) is 8.42. The minimum Gasteiger partial charge on any atom is -0.493 e. The number of aliphatic carboxylic acids is 1. The molecular formula is C15H17NO5. The molecule has 6 heteroatoms. The van der Waals surface area contributed by atoms with Crippen LogP contribution in [0, 0.1) is 0 Å². The van der Waals surface area contributed by atoms with Crippen molar-refractivity contribution in [3.05, 3.63) is 42.5 Å². The van der Waals surface area contributed by atoms with Crippen LogP contribution in [0.5, 0.6) is 11.5 Å². The van der Waals surface area contributed by atoms with Crippen LogP contribution in [0.2, 0.25) is 0 Å². The Morgan fingerprint density at radius 2 is 2.19 bits per heavy atom. The Bertz CT molecular complexity index is 551. The molecule has 0 aliphatic heterocycles. The van der Waals surface area contributed by atoms with Crippen molar-refractivity contribution in [3.63, 3.8) is 0 Å². The van der Waals surface area contributed by atoms with Crippen LogP contribution in [0.1, 0.15) is 5.56 Å². The van der Waals surface area contributed by atoms with Crippen LogP contribution in [0.25, 0.3) is 6.08 Å². The molecule has 1 rings (SSSR count). The number of nitrogens with one attached hydrogen (secondary N) is 1. The van der Waals surface area contributed by atoms with Gasteiger partial charge in [0.05, 0.1) is 7.11 Å². The third-order valence-corrected chi connectivity index (χ3v) is 2.43. The van der Waals surface area contributed by atoms with Gasteiger partial charge in [-0.05, 0) is 12.1 Å². The summed E-state index contributed by atoms with van der Waals surface area (Å²) in [6, 6.07) is 5.03. The summed E-state index contributed by atoms with van der Waals surface area (Å²) in [6.07, 6.45) is 3.92. The van der Waals surface area contributed by atoms with E-state index in [4.69, 9.17) is 14.6 Å². The maximum Gasteiger partial charge on any atom is 0.328 e. The highest BCUT2D eigenvalue weighted by Crippen LogP contribution is 2.31. The first kappa shape index (κ1) is 16.3. The molecule has 2 N–H and O–H groups in total. The Balaban J connectivity index is 2.89. The predicted octanol–water partition coefficient (Wildman–Crippen LogP) is 1.47. The summed E-state index contributed by atoms with van der Waals surface area (Å²) >= 11 is 0. The van der Waals surface area contributed by atoms with Crippen LogP contribution in [-0.2, 0) is 9.59 Å². The summed E-state index contributed by atoms with van der Waals surface area (Å²) in [5.74, 6) is -0.660. The van der Waals surface area contributed by atoms with E-state index in [1.165, 1.54) is 13.2 Å². The van der Waals surface area contributed by atoms with Crippen molar-refractivity contribution in [2.45, 2.75) is 0 Å². The van der Waals surface area contributed by atoms with E-state index in [9.17, 15) is 9.59 Å². The van der Waals surface area contributed by atoms with E-state index in [0.29, 0.717) is 23.6 Å². The lowest BCUT2D eigenvalue weighted by atomic mass is 10.1. The number of rotatable bonds is 8. The first-order chi connectivity index (χ1) is 10.1. The lowest BCUT2D eigenvalue weighted by molar-refractivity contribution is -0.131. The maximum atomic E-state index is 11.5. The number of carbonyl (C=O) groups is 2. The number of methoxy groups -OCH3 is 1. The second-order valence-electron chi connectivity index (χ2n) is 3.93. The zero-order valence-corrected chi connectivity index (χ0v) is 11.7. The monoisotopic (exact) mass is 291 g/mol. The van der Waals surface area contributed by atoms with Gasteiger partial charge in [0.25, 0.3) is 5.91 Å². The quantitative estimate of drug-likeness (QED) is 0.559.